The molecule has 0 aliphatic heterocycles. The van der Waals surface area contributed by atoms with Crippen LogP contribution in [0.5, 0.6) is 0 Å². The van der Waals surface area contributed by atoms with Crippen LogP contribution in [0.1, 0.15) is 42.3 Å². The zero-order valence-corrected chi connectivity index (χ0v) is 21.4. The Morgan fingerprint density at radius 3 is 2.44 bits per heavy atom. The summed E-state index contributed by atoms with van der Waals surface area (Å²) < 4.78 is 6.29. The monoisotopic (exact) mass is 502 g/mol. The van der Waals surface area contributed by atoms with Crippen molar-refractivity contribution >= 4 is 50.8 Å². The molecule has 9 heteroatoms. The zero-order chi connectivity index (χ0) is 26.0. The third kappa shape index (κ3) is 5.75. The lowest BCUT2D eigenvalue weighted by molar-refractivity contribution is -0.112. The molecule has 2 amide bonds. The fourth-order valence-corrected chi connectivity index (χ4v) is 4.27. The predicted octanol–water partition coefficient (Wildman–Crippen LogP) is 6.14. The molecule has 0 spiro atoms. The van der Waals surface area contributed by atoms with Crippen molar-refractivity contribution in [1.82, 2.24) is 9.97 Å². The minimum Gasteiger partial charge on any atom is -0.444 e. The molecule has 4 rings (SSSR count). The number of carbonyl (C=O) groups excluding carboxylic acids is 3. The average Bonchev–Trinajstić information content (AvgIpc) is 3.27. The highest BCUT2D eigenvalue weighted by Gasteiger charge is 2.22. The van der Waals surface area contributed by atoms with Crippen LogP contribution in [0.4, 0.5) is 16.3 Å². The van der Waals surface area contributed by atoms with Crippen molar-refractivity contribution in [2.45, 2.75) is 40.2 Å². The number of nitrogens with zero attached hydrogens (tertiary/aromatic N) is 2. The van der Waals surface area contributed by atoms with Crippen LogP contribution in [0.25, 0.3) is 21.3 Å². The molecule has 0 aliphatic rings. The highest BCUT2D eigenvalue weighted by Crippen LogP contribution is 2.29. The van der Waals surface area contributed by atoms with Gasteiger partial charge in [-0.15, -0.1) is 11.3 Å². The van der Waals surface area contributed by atoms with Gasteiger partial charge in [-0.3, -0.25) is 14.9 Å². The van der Waals surface area contributed by atoms with Crippen molar-refractivity contribution in [3.05, 3.63) is 70.9 Å². The zero-order valence-electron chi connectivity index (χ0n) is 20.6. The largest absolute Gasteiger partial charge is 0.444 e. The van der Waals surface area contributed by atoms with Crippen LogP contribution in [-0.2, 0) is 9.53 Å². The lowest BCUT2D eigenvalue weighted by Gasteiger charge is -2.20. The molecule has 4 aromatic rings. The van der Waals surface area contributed by atoms with Gasteiger partial charge >= 0.3 is 6.09 Å². The van der Waals surface area contributed by atoms with E-state index in [1.807, 2.05) is 37.3 Å². The van der Waals surface area contributed by atoms with E-state index in [4.69, 9.17) is 4.74 Å². The van der Waals surface area contributed by atoms with Gasteiger partial charge in [0.05, 0.1) is 27.6 Å². The molecule has 0 fully saturated rings. The summed E-state index contributed by atoms with van der Waals surface area (Å²) in [7, 11) is 0. The Kier molecular flexibility index (Phi) is 6.85. The summed E-state index contributed by atoms with van der Waals surface area (Å²) in [5.41, 5.74) is 5.51. The Morgan fingerprint density at radius 1 is 0.944 bits per heavy atom. The molecular formula is C27H26N4O4S. The van der Waals surface area contributed by atoms with Crippen molar-refractivity contribution in [2.75, 3.05) is 10.6 Å². The number of hydrogen-bond acceptors (Lipinski definition) is 7. The number of ether oxygens (including phenoxy) is 1. The van der Waals surface area contributed by atoms with Crippen LogP contribution in [0.2, 0.25) is 0 Å². The van der Waals surface area contributed by atoms with Crippen LogP contribution >= 0.6 is 11.3 Å². The summed E-state index contributed by atoms with van der Waals surface area (Å²) in [5.74, 6) is -1.15. The summed E-state index contributed by atoms with van der Waals surface area (Å²) in [5, 5.41) is 5.20. The average molecular weight is 503 g/mol. The first-order valence-corrected chi connectivity index (χ1v) is 12.1. The molecule has 0 atom stereocenters. The van der Waals surface area contributed by atoms with Gasteiger partial charge in [0.15, 0.2) is 0 Å². The number of carbonyl (C=O) groups is 3. The van der Waals surface area contributed by atoms with Gasteiger partial charge in [-0.1, -0.05) is 23.8 Å². The van der Waals surface area contributed by atoms with Gasteiger partial charge < -0.3 is 10.1 Å². The van der Waals surface area contributed by atoms with Gasteiger partial charge in [0, 0.05) is 5.56 Å². The molecule has 0 bridgehead atoms. The first-order chi connectivity index (χ1) is 17.0. The summed E-state index contributed by atoms with van der Waals surface area (Å²) in [4.78, 5) is 46.7. The molecule has 2 aromatic heterocycles. The maximum Gasteiger partial charge on any atom is 0.413 e. The second kappa shape index (κ2) is 9.87. The molecule has 0 radical (unpaired) electrons. The number of aryl methyl sites for hydroxylation is 2. The minimum atomic E-state index is -0.786. The predicted molar refractivity (Wildman–Crippen MR) is 142 cm³/mol. The number of benzene rings is 2. The number of anilines is 2. The number of hydrogen-bond donors (Lipinski definition) is 2. The maximum atomic E-state index is 13.2. The maximum absolute atomic E-state index is 13.2. The molecule has 0 saturated heterocycles. The van der Waals surface area contributed by atoms with Crippen LogP contribution in [0.15, 0.2) is 54.2 Å². The van der Waals surface area contributed by atoms with E-state index in [0.717, 1.165) is 21.3 Å². The Hall–Kier alpha value is -4.11. The standard InChI is InChI=1S/C27H26N4O4S/c1-15-6-8-19(17-7-9-22-21(12-17)29-14-36-22)20(10-15)23(32)25(33)30-18-11-16(2)24(28-13-18)31-26(34)35-27(3,4)5/h6-14H,1-5H3,(H,30,33)(H,28,31,34). The number of thiazole rings is 1. The summed E-state index contributed by atoms with van der Waals surface area (Å²) in [6, 6.07) is 12.9. The molecule has 0 unspecified atom stereocenters. The highest BCUT2D eigenvalue weighted by atomic mass is 32.1. The van der Waals surface area contributed by atoms with E-state index in [2.05, 4.69) is 20.6 Å². The van der Waals surface area contributed by atoms with Crippen molar-refractivity contribution in [3.63, 3.8) is 0 Å². The Labute approximate surface area is 212 Å². The van der Waals surface area contributed by atoms with E-state index in [-0.39, 0.29) is 0 Å². The summed E-state index contributed by atoms with van der Waals surface area (Å²) in [6.07, 6.45) is 0.742. The number of amides is 2. The van der Waals surface area contributed by atoms with Gasteiger partial charge in [-0.25, -0.2) is 14.8 Å². The first kappa shape index (κ1) is 25.0. The molecule has 36 heavy (non-hydrogen) atoms. The fraction of sp³-hybridized carbons (Fsp3) is 0.222. The second-order valence-corrected chi connectivity index (χ2v) is 10.3. The van der Waals surface area contributed by atoms with Gasteiger partial charge in [0.1, 0.15) is 11.4 Å². The van der Waals surface area contributed by atoms with Crippen LogP contribution < -0.4 is 10.6 Å². The Bertz CT molecular complexity index is 1490. The van der Waals surface area contributed by atoms with E-state index in [9.17, 15) is 14.4 Å². The van der Waals surface area contributed by atoms with E-state index in [1.165, 1.54) is 17.5 Å². The smallest absolute Gasteiger partial charge is 0.413 e. The Morgan fingerprint density at radius 2 is 1.72 bits per heavy atom. The number of aromatic nitrogens is 2. The molecule has 2 aromatic carbocycles. The number of rotatable bonds is 5. The number of pyridine rings is 1. The van der Waals surface area contributed by atoms with E-state index < -0.39 is 23.4 Å². The number of Topliss-reactive ketones (excluding diaryl/α,β-unsaturated/α-hetero) is 1. The van der Waals surface area contributed by atoms with Crippen LogP contribution in [-0.4, -0.2) is 33.4 Å². The van der Waals surface area contributed by atoms with Crippen molar-refractivity contribution in [3.8, 4) is 11.1 Å². The number of ketones is 1. The van der Waals surface area contributed by atoms with E-state index in [0.29, 0.717) is 28.2 Å². The normalized spacial score (nSPS) is 11.2. The SMILES string of the molecule is Cc1ccc(-c2ccc3scnc3c2)c(C(=O)C(=O)Nc2cnc(NC(=O)OC(C)(C)C)c(C)c2)c1. The molecule has 2 heterocycles. The van der Waals surface area contributed by atoms with E-state index in [1.54, 1.807) is 45.3 Å². The quantitative estimate of drug-likeness (QED) is 0.250. The molecule has 184 valence electrons. The highest BCUT2D eigenvalue weighted by molar-refractivity contribution is 7.16. The third-order valence-corrected chi connectivity index (χ3v) is 6.03. The summed E-state index contributed by atoms with van der Waals surface area (Å²) in [6.45, 7) is 8.88. The summed E-state index contributed by atoms with van der Waals surface area (Å²) >= 11 is 1.54. The van der Waals surface area contributed by atoms with Gasteiger partial charge in [0.25, 0.3) is 11.7 Å². The Balaban J connectivity index is 1.54. The fourth-order valence-electron chi connectivity index (χ4n) is 3.61. The topological polar surface area (TPSA) is 110 Å². The van der Waals surface area contributed by atoms with Gasteiger partial charge in [0.2, 0.25) is 0 Å². The minimum absolute atomic E-state index is 0.298. The molecular weight excluding hydrogens is 476 g/mol. The number of fused-ring (bicyclic) bond motifs is 1. The first-order valence-electron chi connectivity index (χ1n) is 11.3. The molecule has 2 N–H and O–H groups in total. The van der Waals surface area contributed by atoms with Crippen molar-refractivity contribution < 1.29 is 19.1 Å². The number of nitrogens with one attached hydrogen (secondary N) is 2. The van der Waals surface area contributed by atoms with Gasteiger partial charge in [-0.2, -0.15) is 0 Å². The lowest BCUT2D eigenvalue weighted by atomic mass is 9.94. The van der Waals surface area contributed by atoms with Crippen LogP contribution in [0, 0.1) is 13.8 Å². The van der Waals surface area contributed by atoms with E-state index >= 15 is 0 Å². The lowest BCUT2D eigenvalue weighted by Crippen LogP contribution is -2.28. The van der Waals surface area contributed by atoms with Crippen LogP contribution in [0.3, 0.4) is 0 Å². The second-order valence-electron chi connectivity index (χ2n) is 9.38. The molecule has 0 aliphatic carbocycles. The molecule has 8 nitrogen and oxygen atoms in total. The van der Waals surface area contributed by atoms with Crippen molar-refractivity contribution in [1.29, 1.82) is 0 Å². The van der Waals surface area contributed by atoms with Gasteiger partial charge in [-0.05, 0) is 75.6 Å². The molecule has 0 saturated carbocycles. The third-order valence-electron chi connectivity index (χ3n) is 5.22. The van der Waals surface area contributed by atoms with Crippen molar-refractivity contribution in [2.24, 2.45) is 0 Å².